The molecule has 2 rings (SSSR count). The smallest absolute Gasteiger partial charge is 0.289 e. The molecule has 0 aromatic heterocycles. The summed E-state index contributed by atoms with van der Waals surface area (Å²) in [5.74, 6) is -0.120. The molecule has 6 heteroatoms. The van der Waals surface area contributed by atoms with Crippen LogP contribution in [0, 0.1) is 5.92 Å². The number of anilines is 1. The van der Waals surface area contributed by atoms with Crippen LogP contribution in [0.3, 0.4) is 0 Å². The van der Waals surface area contributed by atoms with Gasteiger partial charge in [0.25, 0.3) is 11.8 Å². The Morgan fingerprint density at radius 3 is 2.36 bits per heavy atom. The van der Waals surface area contributed by atoms with E-state index < -0.39 is 0 Å². The minimum atomic E-state index is -0.316. The Bertz CT molecular complexity index is 655. The lowest BCUT2D eigenvalue weighted by Crippen LogP contribution is -2.38. The number of hydrogen-bond donors (Lipinski definition) is 0. The zero-order valence-corrected chi connectivity index (χ0v) is 15.9. The van der Waals surface area contributed by atoms with Crippen LogP contribution in [-0.4, -0.2) is 60.7 Å². The molecule has 1 aromatic carbocycles. The molecule has 1 aromatic rings. The molecule has 25 heavy (non-hydrogen) atoms. The Morgan fingerprint density at radius 2 is 1.84 bits per heavy atom. The van der Waals surface area contributed by atoms with Crippen molar-refractivity contribution in [3.8, 4) is 0 Å². The summed E-state index contributed by atoms with van der Waals surface area (Å²) in [7, 11) is 5.57. The fraction of sp³-hybridized carbons (Fsp3) is 0.526. The predicted molar refractivity (Wildman–Crippen MR) is 101 cm³/mol. The molecule has 136 valence electrons. The van der Waals surface area contributed by atoms with Gasteiger partial charge in [0.1, 0.15) is 5.71 Å². The van der Waals surface area contributed by atoms with E-state index in [-0.39, 0.29) is 23.9 Å². The van der Waals surface area contributed by atoms with Crippen LogP contribution in [0.1, 0.15) is 27.2 Å². The molecule has 2 atom stereocenters. The Kier molecular flexibility index (Phi) is 6.08. The number of hydrogen-bond acceptors (Lipinski definition) is 4. The second kappa shape index (κ2) is 7.89. The van der Waals surface area contributed by atoms with Crippen molar-refractivity contribution in [3.63, 3.8) is 0 Å². The maximum Gasteiger partial charge on any atom is 0.289 e. The van der Waals surface area contributed by atoms with Crippen molar-refractivity contribution in [1.29, 1.82) is 0 Å². The molecule has 1 saturated heterocycles. The highest BCUT2D eigenvalue weighted by molar-refractivity contribution is 6.48. The van der Waals surface area contributed by atoms with Crippen LogP contribution in [0.15, 0.2) is 35.3 Å². The van der Waals surface area contributed by atoms with E-state index in [0.29, 0.717) is 18.1 Å². The number of hydrazine groups is 1. The summed E-state index contributed by atoms with van der Waals surface area (Å²) in [6, 6.07) is 8.83. The molecule has 0 bridgehead atoms. The number of para-hydroxylation sites is 1. The van der Waals surface area contributed by atoms with Gasteiger partial charge in [-0.15, -0.1) is 0 Å². The first-order chi connectivity index (χ1) is 11.7. The highest BCUT2D eigenvalue weighted by Gasteiger charge is 2.41. The van der Waals surface area contributed by atoms with E-state index in [2.05, 4.69) is 18.8 Å². The zero-order chi connectivity index (χ0) is 18.7. The summed E-state index contributed by atoms with van der Waals surface area (Å²) in [6.45, 7) is 6.04. The van der Waals surface area contributed by atoms with Gasteiger partial charge in [-0.05, 0) is 45.5 Å². The fourth-order valence-electron chi connectivity index (χ4n) is 2.96. The lowest BCUT2D eigenvalue weighted by Gasteiger charge is -2.25. The van der Waals surface area contributed by atoms with Crippen LogP contribution in [0.4, 0.5) is 5.69 Å². The van der Waals surface area contributed by atoms with Crippen LogP contribution >= 0.6 is 0 Å². The minimum Gasteiger partial charge on any atom is -0.298 e. The van der Waals surface area contributed by atoms with Gasteiger partial charge in [-0.3, -0.25) is 14.5 Å². The van der Waals surface area contributed by atoms with Crippen molar-refractivity contribution < 1.29 is 9.59 Å². The molecule has 0 saturated carbocycles. The largest absolute Gasteiger partial charge is 0.298 e. The first-order valence-corrected chi connectivity index (χ1v) is 8.65. The number of carbonyl (C=O) groups is 2. The summed E-state index contributed by atoms with van der Waals surface area (Å²) in [5, 5.41) is 3.39. The number of aliphatic imine (C=N–C) groups is 1. The first-order valence-electron chi connectivity index (χ1n) is 8.65. The van der Waals surface area contributed by atoms with Crippen LogP contribution in [0.5, 0.6) is 0 Å². The third-order valence-corrected chi connectivity index (χ3v) is 4.52. The third kappa shape index (κ3) is 4.14. The fourth-order valence-corrected chi connectivity index (χ4v) is 2.96. The van der Waals surface area contributed by atoms with E-state index in [1.807, 2.05) is 68.3 Å². The van der Waals surface area contributed by atoms with Crippen molar-refractivity contribution in [3.05, 3.63) is 30.3 Å². The van der Waals surface area contributed by atoms with E-state index in [4.69, 9.17) is 0 Å². The van der Waals surface area contributed by atoms with Gasteiger partial charge < -0.3 is 0 Å². The van der Waals surface area contributed by atoms with Crippen molar-refractivity contribution in [2.24, 2.45) is 10.9 Å². The molecular weight excluding hydrogens is 316 g/mol. The molecule has 1 fully saturated rings. The van der Waals surface area contributed by atoms with E-state index in [1.165, 1.54) is 0 Å². The summed E-state index contributed by atoms with van der Waals surface area (Å²) < 4.78 is 0. The quantitative estimate of drug-likeness (QED) is 0.822. The monoisotopic (exact) mass is 344 g/mol. The maximum absolute atomic E-state index is 12.9. The number of rotatable bonds is 5. The Balaban J connectivity index is 2.30. The van der Waals surface area contributed by atoms with Crippen LogP contribution in [0.2, 0.25) is 0 Å². The van der Waals surface area contributed by atoms with Gasteiger partial charge in [-0.2, -0.15) is 0 Å². The average molecular weight is 344 g/mol. The topological polar surface area (TPSA) is 56.2 Å². The number of benzene rings is 1. The van der Waals surface area contributed by atoms with Crippen LogP contribution in [-0.2, 0) is 9.59 Å². The van der Waals surface area contributed by atoms with Crippen molar-refractivity contribution in [2.45, 2.75) is 39.3 Å². The summed E-state index contributed by atoms with van der Waals surface area (Å²) in [5.41, 5.74) is 1.07. The zero-order valence-electron chi connectivity index (χ0n) is 15.9. The van der Waals surface area contributed by atoms with Gasteiger partial charge >= 0.3 is 0 Å². The van der Waals surface area contributed by atoms with Crippen LogP contribution in [0.25, 0.3) is 0 Å². The van der Waals surface area contributed by atoms with Crippen molar-refractivity contribution >= 4 is 23.2 Å². The van der Waals surface area contributed by atoms with E-state index in [0.717, 1.165) is 5.69 Å². The Morgan fingerprint density at radius 1 is 1.24 bits per heavy atom. The molecule has 0 radical (unpaired) electrons. The van der Waals surface area contributed by atoms with E-state index in [1.54, 1.807) is 5.01 Å². The second-order valence-electron chi connectivity index (χ2n) is 7.15. The lowest BCUT2D eigenvalue weighted by atomic mass is 10.0. The molecule has 2 unspecified atom stereocenters. The molecule has 0 aliphatic carbocycles. The SMILES string of the molecule is CC(C)CC(C(=O)N=C1C(=O)N(c2ccccc2)N(C)C1C)N(C)C. The van der Waals surface area contributed by atoms with Gasteiger partial charge in [0.05, 0.1) is 17.8 Å². The van der Waals surface area contributed by atoms with Gasteiger partial charge in [-0.1, -0.05) is 32.0 Å². The Hall–Kier alpha value is -2.05. The molecule has 1 aliphatic heterocycles. The van der Waals surface area contributed by atoms with Crippen molar-refractivity contribution in [1.82, 2.24) is 9.91 Å². The van der Waals surface area contributed by atoms with E-state index in [9.17, 15) is 9.59 Å². The number of carbonyl (C=O) groups excluding carboxylic acids is 2. The average Bonchev–Trinajstić information content (AvgIpc) is 2.76. The predicted octanol–water partition coefficient (Wildman–Crippen LogP) is 2.21. The number of nitrogens with zero attached hydrogens (tertiary/aromatic N) is 4. The Labute approximate surface area is 150 Å². The summed E-state index contributed by atoms with van der Waals surface area (Å²) in [4.78, 5) is 31.7. The molecule has 0 spiro atoms. The highest BCUT2D eigenvalue weighted by atomic mass is 16.2. The highest BCUT2D eigenvalue weighted by Crippen LogP contribution is 2.24. The molecule has 6 nitrogen and oxygen atoms in total. The second-order valence-corrected chi connectivity index (χ2v) is 7.15. The van der Waals surface area contributed by atoms with E-state index >= 15 is 0 Å². The molecular formula is C19H28N4O2. The van der Waals surface area contributed by atoms with Gasteiger partial charge in [-0.25, -0.2) is 15.0 Å². The standard InChI is InChI=1S/C19H28N4O2/c1-13(2)12-16(21(4)5)18(24)20-17-14(3)22(6)23(19(17)25)15-10-8-7-9-11-15/h7-11,13-14,16H,12H2,1-6H3. The molecule has 1 heterocycles. The number of amides is 2. The normalized spacial score (nSPS) is 21.6. The maximum atomic E-state index is 12.9. The van der Waals surface area contributed by atoms with Gasteiger partial charge in [0.15, 0.2) is 0 Å². The third-order valence-electron chi connectivity index (χ3n) is 4.52. The van der Waals surface area contributed by atoms with Crippen molar-refractivity contribution in [2.75, 3.05) is 26.2 Å². The van der Waals surface area contributed by atoms with Crippen LogP contribution < -0.4 is 5.01 Å². The lowest BCUT2D eigenvalue weighted by molar-refractivity contribution is -0.123. The molecule has 0 N–H and O–H groups in total. The minimum absolute atomic E-state index is 0.239. The summed E-state index contributed by atoms with van der Waals surface area (Å²) >= 11 is 0. The molecule has 2 amide bonds. The molecule has 1 aliphatic rings. The first kappa shape index (κ1) is 19.3. The summed E-state index contributed by atoms with van der Waals surface area (Å²) in [6.07, 6.45) is 0.712. The van der Waals surface area contributed by atoms with Gasteiger partial charge in [0.2, 0.25) is 0 Å². The number of likely N-dealkylation sites (N-methyl/N-ethyl adjacent to an activating group) is 1. The van der Waals surface area contributed by atoms with Gasteiger partial charge in [0, 0.05) is 7.05 Å².